The van der Waals surface area contributed by atoms with Gasteiger partial charge in [0.2, 0.25) is 0 Å². The second-order valence-corrected chi connectivity index (χ2v) is 6.22. The zero-order valence-corrected chi connectivity index (χ0v) is 13.4. The number of hydrogen-bond acceptors (Lipinski definition) is 1. The topological polar surface area (TPSA) is 20.3 Å². The molecular formula is C19H17F4NO. The van der Waals surface area contributed by atoms with Gasteiger partial charge >= 0.3 is 0 Å². The molecule has 0 aliphatic carbocycles. The van der Waals surface area contributed by atoms with Gasteiger partial charge < -0.3 is 4.90 Å². The van der Waals surface area contributed by atoms with Gasteiger partial charge in [0.1, 0.15) is 5.82 Å². The first-order valence-electron chi connectivity index (χ1n) is 8.15. The number of carbonyl (C=O) groups excluding carboxylic acids is 1. The largest absolute Gasteiger partial charge is 0.338 e. The Labute approximate surface area is 143 Å². The van der Waals surface area contributed by atoms with Gasteiger partial charge in [0.15, 0.2) is 17.5 Å². The minimum absolute atomic E-state index is 0.0135. The van der Waals surface area contributed by atoms with E-state index in [9.17, 15) is 22.4 Å². The van der Waals surface area contributed by atoms with Gasteiger partial charge in [-0.05, 0) is 42.7 Å². The SMILES string of the molecule is O=C(c1ccc(F)c(F)c1F)N1CCCCC(c2ccc(F)cc2)C1. The summed E-state index contributed by atoms with van der Waals surface area (Å²) in [6.07, 6.45) is 2.41. The van der Waals surface area contributed by atoms with Crippen molar-refractivity contribution in [3.05, 3.63) is 70.8 Å². The molecule has 6 heteroatoms. The molecule has 1 fully saturated rings. The smallest absolute Gasteiger partial charge is 0.256 e. The third-order valence-corrected chi connectivity index (χ3v) is 4.57. The number of rotatable bonds is 2. The highest BCUT2D eigenvalue weighted by Gasteiger charge is 2.27. The number of amides is 1. The van der Waals surface area contributed by atoms with E-state index in [1.54, 1.807) is 12.1 Å². The van der Waals surface area contributed by atoms with Gasteiger partial charge in [-0.25, -0.2) is 17.6 Å². The van der Waals surface area contributed by atoms with E-state index in [2.05, 4.69) is 0 Å². The van der Waals surface area contributed by atoms with Crippen molar-refractivity contribution in [2.24, 2.45) is 0 Å². The second kappa shape index (κ2) is 7.25. The second-order valence-electron chi connectivity index (χ2n) is 6.22. The molecule has 1 atom stereocenters. The minimum atomic E-state index is -1.64. The summed E-state index contributed by atoms with van der Waals surface area (Å²) in [6.45, 7) is 0.734. The molecule has 25 heavy (non-hydrogen) atoms. The fourth-order valence-corrected chi connectivity index (χ4v) is 3.19. The average molecular weight is 351 g/mol. The van der Waals surface area contributed by atoms with E-state index in [4.69, 9.17) is 0 Å². The quantitative estimate of drug-likeness (QED) is 0.570. The fraction of sp³-hybridized carbons (Fsp3) is 0.316. The summed E-state index contributed by atoms with van der Waals surface area (Å²) in [5.74, 6) is -5.45. The summed E-state index contributed by atoms with van der Waals surface area (Å²) in [6, 6.07) is 7.79. The van der Waals surface area contributed by atoms with Crippen molar-refractivity contribution in [2.75, 3.05) is 13.1 Å². The van der Waals surface area contributed by atoms with Crippen LogP contribution in [0.2, 0.25) is 0 Å². The van der Waals surface area contributed by atoms with E-state index in [0.29, 0.717) is 13.1 Å². The third kappa shape index (κ3) is 3.67. The van der Waals surface area contributed by atoms with Crippen molar-refractivity contribution < 1.29 is 22.4 Å². The molecule has 0 bridgehead atoms. The van der Waals surface area contributed by atoms with E-state index >= 15 is 0 Å². The number of likely N-dealkylation sites (tertiary alicyclic amines) is 1. The van der Waals surface area contributed by atoms with E-state index in [1.807, 2.05) is 0 Å². The number of carbonyl (C=O) groups is 1. The first kappa shape index (κ1) is 17.5. The highest BCUT2D eigenvalue weighted by Crippen LogP contribution is 2.28. The molecule has 2 aromatic rings. The van der Waals surface area contributed by atoms with E-state index in [0.717, 1.165) is 37.0 Å². The summed E-state index contributed by atoms with van der Waals surface area (Å²) >= 11 is 0. The Kier molecular flexibility index (Phi) is 5.06. The van der Waals surface area contributed by atoms with E-state index in [1.165, 1.54) is 17.0 Å². The predicted octanol–water partition coefficient (Wildman–Crippen LogP) is 4.65. The van der Waals surface area contributed by atoms with Crippen LogP contribution in [0.4, 0.5) is 17.6 Å². The Bertz CT molecular complexity index is 776. The summed E-state index contributed by atoms with van der Waals surface area (Å²) in [7, 11) is 0. The molecule has 0 aromatic heterocycles. The van der Waals surface area contributed by atoms with E-state index in [-0.39, 0.29) is 11.7 Å². The fourth-order valence-electron chi connectivity index (χ4n) is 3.19. The third-order valence-electron chi connectivity index (χ3n) is 4.57. The van der Waals surface area contributed by atoms with E-state index < -0.39 is 28.9 Å². The molecule has 2 nitrogen and oxygen atoms in total. The standard InChI is InChI=1S/C19H17F4NO/c20-14-6-4-12(5-7-14)13-3-1-2-10-24(11-13)19(25)15-8-9-16(21)18(23)17(15)22/h4-9,13H,1-3,10-11H2. The average Bonchev–Trinajstić information content (AvgIpc) is 2.86. The molecule has 0 N–H and O–H groups in total. The highest BCUT2D eigenvalue weighted by molar-refractivity contribution is 5.94. The molecule has 1 amide bonds. The zero-order chi connectivity index (χ0) is 18.0. The van der Waals surface area contributed by atoms with Crippen LogP contribution in [0, 0.1) is 23.3 Å². The van der Waals surface area contributed by atoms with Gasteiger partial charge in [-0.15, -0.1) is 0 Å². The van der Waals surface area contributed by atoms with Gasteiger partial charge in [0.25, 0.3) is 5.91 Å². The molecule has 3 rings (SSSR count). The summed E-state index contributed by atoms with van der Waals surface area (Å²) in [4.78, 5) is 14.1. The number of nitrogens with zero attached hydrogens (tertiary/aromatic N) is 1. The first-order valence-corrected chi connectivity index (χ1v) is 8.15. The lowest BCUT2D eigenvalue weighted by Crippen LogP contribution is -2.34. The van der Waals surface area contributed by atoms with Crippen molar-refractivity contribution in [2.45, 2.75) is 25.2 Å². The van der Waals surface area contributed by atoms with Crippen molar-refractivity contribution in [1.29, 1.82) is 0 Å². The maximum atomic E-state index is 13.9. The van der Waals surface area contributed by atoms with Crippen LogP contribution in [0.25, 0.3) is 0 Å². The molecule has 0 radical (unpaired) electrons. The molecule has 1 aliphatic heterocycles. The van der Waals surface area contributed by atoms with Crippen LogP contribution in [0.15, 0.2) is 36.4 Å². The van der Waals surface area contributed by atoms with Crippen LogP contribution in [0.1, 0.15) is 41.1 Å². The molecule has 1 unspecified atom stereocenters. The van der Waals surface area contributed by atoms with Crippen LogP contribution in [0.5, 0.6) is 0 Å². The molecule has 132 valence electrons. The van der Waals surface area contributed by atoms with Gasteiger partial charge in [-0.2, -0.15) is 0 Å². The first-order chi connectivity index (χ1) is 12.0. The molecule has 1 aliphatic rings. The van der Waals surface area contributed by atoms with Crippen LogP contribution in [-0.4, -0.2) is 23.9 Å². The Hall–Kier alpha value is -2.37. The molecule has 0 spiro atoms. The zero-order valence-electron chi connectivity index (χ0n) is 13.4. The van der Waals surface area contributed by atoms with Crippen LogP contribution < -0.4 is 0 Å². The summed E-state index contributed by atoms with van der Waals surface area (Å²) < 4.78 is 53.5. The van der Waals surface area contributed by atoms with Gasteiger partial charge in [0, 0.05) is 19.0 Å². The lowest BCUT2D eigenvalue weighted by atomic mass is 9.94. The number of benzene rings is 2. The maximum Gasteiger partial charge on any atom is 0.256 e. The van der Waals surface area contributed by atoms with Crippen molar-refractivity contribution in [3.63, 3.8) is 0 Å². The normalized spacial score (nSPS) is 18.1. The van der Waals surface area contributed by atoms with Crippen molar-refractivity contribution in [1.82, 2.24) is 4.90 Å². The predicted molar refractivity (Wildman–Crippen MR) is 85.2 cm³/mol. The monoisotopic (exact) mass is 351 g/mol. The number of hydrogen-bond donors (Lipinski definition) is 0. The number of halogens is 4. The van der Waals surface area contributed by atoms with Gasteiger partial charge in [-0.3, -0.25) is 4.79 Å². The van der Waals surface area contributed by atoms with Gasteiger partial charge in [0.05, 0.1) is 5.56 Å². The summed E-state index contributed by atoms with van der Waals surface area (Å²) in [5, 5.41) is 0. The Balaban J connectivity index is 1.84. The Morgan fingerprint density at radius 1 is 0.920 bits per heavy atom. The lowest BCUT2D eigenvalue weighted by Gasteiger charge is -2.25. The van der Waals surface area contributed by atoms with Crippen molar-refractivity contribution in [3.8, 4) is 0 Å². The van der Waals surface area contributed by atoms with Crippen LogP contribution in [-0.2, 0) is 0 Å². The van der Waals surface area contributed by atoms with Crippen LogP contribution >= 0.6 is 0 Å². The molecular weight excluding hydrogens is 334 g/mol. The van der Waals surface area contributed by atoms with Crippen LogP contribution in [0.3, 0.4) is 0 Å². The highest BCUT2D eigenvalue weighted by atomic mass is 19.2. The molecule has 0 saturated carbocycles. The van der Waals surface area contributed by atoms with Gasteiger partial charge in [-0.1, -0.05) is 18.6 Å². The van der Waals surface area contributed by atoms with Crippen molar-refractivity contribution >= 4 is 5.91 Å². The molecule has 1 heterocycles. The molecule has 1 saturated heterocycles. The maximum absolute atomic E-state index is 13.9. The molecule has 2 aromatic carbocycles. The Morgan fingerprint density at radius 3 is 2.36 bits per heavy atom. The summed E-state index contributed by atoms with van der Waals surface area (Å²) in [5.41, 5.74) is 0.422. The lowest BCUT2D eigenvalue weighted by molar-refractivity contribution is 0.0748. The Morgan fingerprint density at radius 2 is 1.64 bits per heavy atom. The minimum Gasteiger partial charge on any atom is -0.338 e.